The van der Waals surface area contributed by atoms with Gasteiger partial charge in [-0.1, -0.05) is 18.2 Å². The number of hydrogen-bond donors (Lipinski definition) is 3. The minimum atomic E-state index is -0.319. The molecule has 4 rings (SSSR count). The second-order valence-corrected chi connectivity index (χ2v) is 7.63. The molecule has 0 saturated carbocycles. The number of β-amino-alcohol motifs (C(OH)–C–C–N with tert-alkyl or cyclic N) is 1. The first-order valence-electron chi connectivity index (χ1n) is 10.2. The predicted octanol–water partition coefficient (Wildman–Crippen LogP) is 2.43. The molecule has 1 aliphatic heterocycles. The van der Waals surface area contributed by atoms with E-state index in [-0.39, 0.29) is 18.5 Å². The predicted molar refractivity (Wildman–Crippen MR) is 116 cm³/mol. The maximum Gasteiger partial charge on any atom is 0.290 e. The van der Waals surface area contributed by atoms with Crippen molar-refractivity contribution in [2.24, 2.45) is 5.92 Å². The highest BCUT2D eigenvalue weighted by atomic mass is 16.5. The number of pyridine rings is 1. The molecule has 0 aliphatic carbocycles. The number of H-pyrrole nitrogens is 1. The molecule has 3 heterocycles. The Balaban J connectivity index is 0.000000858. The number of ether oxygens (including phenoxy) is 1. The molecule has 31 heavy (non-hydrogen) atoms. The largest absolute Gasteiger partial charge is 0.487 e. The van der Waals surface area contributed by atoms with Gasteiger partial charge in [0.2, 0.25) is 0 Å². The zero-order valence-electron chi connectivity index (χ0n) is 17.5. The van der Waals surface area contributed by atoms with E-state index >= 15 is 0 Å². The van der Waals surface area contributed by atoms with Gasteiger partial charge in [0.15, 0.2) is 0 Å². The van der Waals surface area contributed by atoms with Crippen molar-refractivity contribution in [3.05, 3.63) is 77.4 Å². The minimum absolute atomic E-state index is 0.214. The zero-order chi connectivity index (χ0) is 22.1. The Kier molecular flexibility index (Phi) is 8.14. The number of aliphatic hydroxyl groups is 1. The van der Waals surface area contributed by atoms with Crippen LogP contribution in [-0.2, 0) is 24.4 Å². The Labute approximate surface area is 181 Å². The summed E-state index contributed by atoms with van der Waals surface area (Å²) in [6, 6.07) is 16.0. The molecular weight excluding hydrogens is 396 g/mol. The van der Waals surface area contributed by atoms with Crippen LogP contribution >= 0.6 is 0 Å². The third-order valence-corrected chi connectivity index (χ3v) is 5.13. The number of carboxylic acid groups (broad SMARTS) is 1. The van der Waals surface area contributed by atoms with Crippen LogP contribution in [0.4, 0.5) is 0 Å². The van der Waals surface area contributed by atoms with E-state index in [1.54, 1.807) is 6.20 Å². The first-order chi connectivity index (χ1) is 15.1. The molecule has 0 amide bonds. The minimum Gasteiger partial charge on any atom is -0.487 e. The lowest BCUT2D eigenvalue weighted by atomic mass is 10.0. The molecule has 1 fully saturated rings. The molecular formula is C23H28N4O4. The summed E-state index contributed by atoms with van der Waals surface area (Å²) in [4.78, 5) is 14.9. The molecule has 3 aromatic rings. The maximum absolute atomic E-state index is 10.5. The van der Waals surface area contributed by atoms with E-state index in [2.05, 4.69) is 38.3 Å². The number of carbonyl (C=O) groups is 1. The average Bonchev–Trinajstić information content (AvgIpc) is 3.33. The van der Waals surface area contributed by atoms with Crippen molar-refractivity contribution in [1.29, 1.82) is 0 Å². The molecule has 8 nitrogen and oxygen atoms in total. The monoisotopic (exact) mass is 424 g/mol. The summed E-state index contributed by atoms with van der Waals surface area (Å²) < 4.78 is 5.88. The van der Waals surface area contributed by atoms with Crippen molar-refractivity contribution in [2.75, 3.05) is 13.1 Å². The van der Waals surface area contributed by atoms with E-state index in [0.29, 0.717) is 13.2 Å². The lowest BCUT2D eigenvalue weighted by Crippen LogP contribution is -2.21. The number of aliphatic hydroxyl groups excluding tert-OH is 1. The number of hydrogen-bond acceptors (Lipinski definition) is 6. The normalized spacial score (nSPS) is 18.3. The smallest absolute Gasteiger partial charge is 0.290 e. The van der Waals surface area contributed by atoms with Gasteiger partial charge in [0.1, 0.15) is 12.4 Å². The summed E-state index contributed by atoms with van der Waals surface area (Å²) in [5, 5.41) is 24.6. The number of benzene rings is 1. The van der Waals surface area contributed by atoms with Crippen LogP contribution in [0.5, 0.6) is 5.75 Å². The standard InChI is InChI=1S/C22H26N4O2.CH2O2/c1-16-9-20(25-24-16)11-18-13-26(14-22(18)27)12-17-5-4-7-21(10-17)28-15-19-6-2-3-8-23-19;2-1-3/h2-10,18,22,27H,11-15H2,1H3,(H,24,25);1H,(H,2,3)/t18-,22+;/m1./s1. The topological polar surface area (TPSA) is 112 Å². The molecule has 1 aromatic carbocycles. The van der Waals surface area contributed by atoms with Crippen LogP contribution in [0.1, 0.15) is 22.6 Å². The molecule has 3 N–H and O–H groups in total. The van der Waals surface area contributed by atoms with Crippen LogP contribution in [0.15, 0.2) is 54.7 Å². The van der Waals surface area contributed by atoms with E-state index in [1.165, 1.54) is 5.56 Å². The Hall–Kier alpha value is -3.23. The Morgan fingerprint density at radius 1 is 1.19 bits per heavy atom. The Bertz CT molecular complexity index is 948. The third-order valence-electron chi connectivity index (χ3n) is 5.13. The maximum atomic E-state index is 10.5. The van der Waals surface area contributed by atoms with Crippen LogP contribution in [0.2, 0.25) is 0 Å². The molecule has 0 radical (unpaired) electrons. The number of nitrogens with zero attached hydrogens (tertiary/aromatic N) is 3. The van der Waals surface area contributed by atoms with Crippen LogP contribution in [0, 0.1) is 12.8 Å². The molecule has 1 saturated heterocycles. The van der Waals surface area contributed by atoms with Gasteiger partial charge in [-0.3, -0.25) is 19.8 Å². The first-order valence-corrected chi connectivity index (χ1v) is 10.2. The molecule has 164 valence electrons. The third kappa shape index (κ3) is 6.91. The fourth-order valence-corrected chi connectivity index (χ4v) is 3.75. The Morgan fingerprint density at radius 3 is 2.74 bits per heavy atom. The second kappa shape index (κ2) is 11.2. The summed E-state index contributed by atoms with van der Waals surface area (Å²) in [6.07, 6.45) is 2.25. The van der Waals surface area contributed by atoms with Crippen molar-refractivity contribution < 1.29 is 19.7 Å². The van der Waals surface area contributed by atoms with Crippen LogP contribution in [0.25, 0.3) is 0 Å². The molecule has 0 unspecified atom stereocenters. The first kappa shape index (κ1) is 22.5. The quantitative estimate of drug-likeness (QED) is 0.500. The van der Waals surface area contributed by atoms with Crippen LogP contribution in [-0.4, -0.2) is 56.0 Å². The average molecular weight is 425 g/mol. The van der Waals surface area contributed by atoms with Gasteiger partial charge in [-0.25, -0.2) is 0 Å². The lowest BCUT2D eigenvalue weighted by Gasteiger charge is -2.16. The van der Waals surface area contributed by atoms with Crippen LogP contribution in [0.3, 0.4) is 0 Å². The number of rotatable bonds is 7. The second-order valence-electron chi connectivity index (χ2n) is 7.63. The summed E-state index contributed by atoms with van der Waals surface area (Å²) in [7, 11) is 0. The SMILES string of the molecule is Cc1cc(C[C@@H]2CN(Cc3cccc(OCc4ccccn4)c3)C[C@@H]2O)n[nH]1.O=CO. The molecule has 0 bridgehead atoms. The number of aromatic amines is 1. The summed E-state index contributed by atoms with van der Waals surface area (Å²) in [5.41, 5.74) is 4.17. The van der Waals surface area contributed by atoms with Crippen molar-refractivity contribution in [2.45, 2.75) is 32.6 Å². The van der Waals surface area contributed by atoms with Gasteiger partial charge in [0.25, 0.3) is 6.47 Å². The number of nitrogens with one attached hydrogen (secondary N) is 1. The molecule has 1 aliphatic rings. The van der Waals surface area contributed by atoms with E-state index in [4.69, 9.17) is 14.6 Å². The zero-order valence-corrected chi connectivity index (χ0v) is 17.5. The van der Waals surface area contributed by atoms with Crippen molar-refractivity contribution in [3.63, 3.8) is 0 Å². The lowest BCUT2D eigenvalue weighted by molar-refractivity contribution is -0.122. The van der Waals surface area contributed by atoms with E-state index < -0.39 is 0 Å². The van der Waals surface area contributed by atoms with Gasteiger partial charge in [-0.05, 0) is 49.2 Å². The van der Waals surface area contributed by atoms with Gasteiger partial charge < -0.3 is 14.9 Å². The summed E-state index contributed by atoms with van der Waals surface area (Å²) in [5.74, 6) is 1.05. The van der Waals surface area contributed by atoms with Gasteiger partial charge in [0.05, 0.1) is 17.5 Å². The summed E-state index contributed by atoms with van der Waals surface area (Å²) in [6.45, 7) is 4.56. The Morgan fingerprint density at radius 2 is 2.03 bits per heavy atom. The van der Waals surface area contributed by atoms with Crippen LogP contribution < -0.4 is 4.74 Å². The van der Waals surface area contributed by atoms with Gasteiger partial charge >= 0.3 is 0 Å². The van der Waals surface area contributed by atoms with E-state index in [1.807, 2.05) is 37.3 Å². The molecule has 2 aromatic heterocycles. The van der Waals surface area contributed by atoms with E-state index in [9.17, 15) is 5.11 Å². The molecule has 0 spiro atoms. The number of aryl methyl sites for hydroxylation is 1. The van der Waals surface area contributed by atoms with Crippen molar-refractivity contribution in [3.8, 4) is 5.75 Å². The molecule has 2 atom stereocenters. The van der Waals surface area contributed by atoms with E-state index in [0.717, 1.165) is 42.3 Å². The highest BCUT2D eigenvalue weighted by Gasteiger charge is 2.31. The van der Waals surface area contributed by atoms with Gasteiger partial charge in [-0.15, -0.1) is 0 Å². The highest BCUT2D eigenvalue weighted by Crippen LogP contribution is 2.24. The van der Waals surface area contributed by atoms with Gasteiger partial charge in [0, 0.05) is 37.4 Å². The van der Waals surface area contributed by atoms with Crippen molar-refractivity contribution >= 4 is 6.47 Å². The number of likely N-dealkylation sites (tertiary alicyclic amines) is 1. The fourth-order valence-electron chi connectivity index (χ4n) is 3.75. The summed E-state index contributed by atoms with van der Waals surface area (Å²) >= 11 is 0. The van der Waals surface area contributed by atoms with Crippen molar-refractivity contribution in [1.82, 2.24) is 20.1 Å². The highest BCUT2D eigenvalue weighted by molar-refractivity contribution is 5.32. The van der Waals surface area contributed by atoms with Gasteiger partial charge in [-0.2, -0.15) is 5.10 Å². The fraction of sp³-hybridized carbons (Fsp3) is 0.348. The molecule has 8 heteroatoms. The number of aromatic nitrogens is 3.